The number of aromatic amines is 1. The van der Waals surface area contributed by atoms with E-state index < -0.39 is 21.7 Å². The Morgan fingerprint density at radius 2 is 1.85 bits per heavy atom. The number of fused-ring (bicyclic) bond motifs is 1. The van der Waals surface area contributed by atoms with Gasteiger partial charge in [-0.3, -0.25) is 9.48 Å². The predicted molar refractivity (Wildman–Crippen MR) is 170 cm³/mol. The minimum Gasteiger partial charge on any atom is -0.496 e. The summed E-state index contributed by atoms with van der Waals surface area (Å²) in [7, 11) is -2.39. The molecule has 1 aliphatic heterocycles. The number of Topliss-reactive ketones (excluding diaryl/α,β-unsaturated/α-hetero) is 1. The maximum Gasteiger partial charge on any atom is 0.240 e. The van der Waals surface area contributed by atoms with E-state index in [-0.39, 0.29) is 23.0 Å². The van der Waals surface area contributed by atoms with E-state index in [1.54, 1.807) is 41.2 Å². The van der Waals surface area contributed by atoms with Crippen LogP contribution in [-0.2, 0) is 16.6 Å². The Hall–Kier alpha value is -4.46. The van der Waals surface area contributed by atoms with Crippen LogP contribution in [0.1, 0.15) is 30.3 Å². The zero-order valence-corrected chi connectivity index (χ0v) is 26.3. The lowest BCUT2D eigenvalue weighted by atomic mass is 9.97. The largest absolute Gasteiger partial charge is 0.496 e. The number of likely N-dealkylation sites (tertiary alicyclic amines) is 1. The molecule has 13 heteroatoms. The Morgan fingerprint density at radius 1 is 1.07 bits per heavy atom. The van der Waals surface area contributed by atoms with Gasteiger partial charge in [0.2, 0.25) is 10.0 Å². The quantitative estimate of drug-likeness (QED) is 0.187. The van der Waals surface area contributed by atoms with Crippen molar-refractivity contribution in [3.8, 4) is 28.1 Å². The van der Waals surface area contributed by atoms with Crippen molar-refractivity contribution in [3.63, 3.8) is 0 Å². The second kappa shape index (κ2) is 13.1. The van der Waals surface area contributed by atoms with E-state index in [1.807, 2.05) is 0 Å². The second-order valence-corrected chi connectivity index (χ2v) is 13.2. The lowest BCUT2D eigenvalue weighted by molar-refractivity contribution is 0.101. The number of piperidine rings is 1. The monoisotopic (exact) mass is 648 g/mol. The number of ketones is 1. The van der Waals surface area contributed by atoms with Crippen LogP contribution in [0.4, 0.5) is 8.78 Å². The molecule has 10 nitrogen and oxygen atoms in total. The number of H-pyrrole nitrogens is 1. The first-order valence-corrected chi connectivity index (χ1v) is 16.5. The maximum absolute atomic E-state index is 14.3. The van der Waals surface area contributed by atoms with Gasteiger partial charge in [0.05, 0.1) is 23.9 Å². The van der Waals surface area contributed by atoms with Crippen molar-refractivity contribution < 1.29 is 26.7 Å². The average Bonchev–Trinajstić information content (AvgIpc) is 3.66. The highest BCUT2D eigenvalue weighted by Crippen LogP contribution is 2.34. The van der Waals surface area contributed by atoms with E-state index in [1.165, 1.54) is 44.4 Å². The van der Waals surface area contributed by atoms with Gasteiger partial charge in [-0.15, -0.1) is 5.10 Å². The number of hydrogen-bond acceptors (Lipinski definition) is 7. The number of rotatable bonds is 11. The van der Waals surface area contributed by atoms with Gasteiger partial charge in [-0.25, -0.2) is 21.9 Å². The van der Waals surface area contributed by atoms with Crippen LogP contribution in [0, 0.1) is 17.6 Å². The van der Waals surface area contributed by atoms with Crippen molar-refractivity contribution >= 4 is 26.7 Å². The summed E-state index contributed by atoms with van der Waals surface area (Å²) in [5, 5.41) is 9.18. The summed E-state index contributed by atoms with van der Waals surface area (Å²) in [6.45, 7) is 4.49. The number of sulfonamides is 1. The number of carbonyl (C=O) groups is 1. The minimum atomic E-state index is -3.81. The van der Waals surface area contributed by atoms with Crippen LogP contribution in [0.25, 0.3) is 33.3 Å². The van der Waals surface area contributed by atoms with Crippen LogP contribution < -0.4 is 9.46 Å². The highest BCUT2D eigenvalue weighted by atomic mass is 32.2. The molecular formula is C33H34F2N6O4S. The van der Waals surface area contributed by atoms with Gasteiger partial charge < -0.3 is 14.6 Å². The number of nitrogens with zero attached hydrogens (tertiary/aromatic N) is 4. The van der Waals surface area contributed by atoms with Crippen molar-refractivity contribution in [1.82, 2.24) is 29.6 Å². The molecule has 0 radical (unpaired) electrons. The molecule has 0 spiro atoms. The molecule has 0 saturated carbocycles. The van der Waals surface area contributed by atoms with Crippen LogP contribution >= 0.6 is 0 Å². The summed E-state index contributed by atoms with van der Waals surface area (Å²) in [5.41, 5.74) is 2.88. The van der Waals surface area contributed by atoms with Crippen LogP contribution in [-0.4, -0.2) is 72.4 Å². The molecule has 0 aliphatic carbocycles. The zero-order chi connectivity index (χ0) is 32.4. The summed E-state index contributed by atoms with van der Waals surface area (Å²) in [6, 6.07) is 15.0. The summed E-state index contributed by atoms with van der Waals surface area (Å²) >= 11 is 0. The molecule has 0 atom stereocenters. The molecule has 1 fully saturated rings. The van der Waals surface area contributed by atoms with Gasteiger partial charge in [-0.05, 0) is 68.2 Å². The Morgan fingerprint density at radius 3 is 2.59 bits per heavy atom. The molecule has 0 bridgehead atoms. The predicted octanol–water partition coefficient (Wildman–Crippen LogP) is 5.27. The van der Waals surface area contributed by atoms with E-state index in [0.717, 1.165) is 25.9 Å². The fraction of sp³-hybridized carbons (Fsp3) is 0.303. The van der Waals surface area contributed by atoms with Gasteiger partial charge in [-0.2, -0.15) is 0 Å². The van der Waals surface area contributed by atoms with Crippen molar-refractivity contribution in [2.75, 3.05) is 33.3 Å². The first kappa shape index (κ1) is 31.5. The third kappa shape index (κ3) is 6.57. The Kier molecular flexibility index (Phi) is 8.98. The van der Waals surface area contributed by atoms with Crippen molar-refractivity contribution in [1.29, 1.82) is 0 Å². The third-order valence-corrected chi connectivity index (χ3v) is 9.89. The van der Waals surface area contributed by atoms with Crippen molar-refractivity contribution in [2.45, 2.75) is 31.2 Å². The number of benzene rings is 3. The number of ether oxygens (including phenoxy) is 1. The molecule has 0 unspecified atom stereocenters. The van der Waals surface area contributed by atoms with E-state index in [2.05, 4.69) is 24.9 Å². The van der Waals surface area contributed by atoms with Crippen molar-refractivity contribution in [3.05, 3.63) is 84.2 Å². The SMILES string of the molecule is COc1cc(S(=O)(=O)NCCN2CCC(Cn3cc(-c4c(C(C)=O)[nH]c5ccc(F)cc45)nn3)CC2)ccc1-c1ccccc1F. The summed E-state index contributed by atoms with van der Waals surface area (Å²) < 4.78 is 64.2. The summed E-state index contributed by atoms with van der Waals surface area (Å²) in [6.07, 6.45) is 3.58. The first-order valence-electron chi connectivity index (χ1n) is 15.0. The summed E-state index contributed by atoms with van der Waals surface area (Å²) in [5.74, 6) is -0.380. The minimum absolute atomic E-state index is 0.0449. The molecule has 6 rings (SSSR count). The van der Waals surface area contributed by atoms with Crippen LogP contribution in [0.15, 0.2) is 71.8 Å². The topological polar surface area (TPSA) is 122 Å². The maximum atomic E-state index is 14.3. The lowest BCUT2D eigenvalue weighted by Crippen LogP contribution is -2.40. The molecule has 3 heterocycles. The standard InChI is InChI=1S/C33H34F2N6O4S/c1-21(42)33-32(27-17-23(34)7-10-29(27)37-33)30-20-41(39-38-30)19-22-11-14-40(15-12-22)16-13-36-46(43,44)24-8-9-26(31(18-24)45-2)25-5-3-4-6-28(25)35/h3-10,17-18,20,22,36-37H,11-16,19H2,1-2H3. The molecule has 2 aromatic heterocycles. The molecule has 1 aliphatic rings. The molecule has 2 N–H and O–H groups in total. The Balaban J connectivity index is 1.02. The second-order valence-electron chi connectivity index (χ2n) is 11.5. The zero-order valence-electron chi connectivity index (χ0n) is 25.5. The van der Waals surface area contributed by atoms with Gasteiger partial charge in [0.15, 0.2) is 5.78 Å². The van der Waals surface area contributed by atoms with Crippen molar-refractivity contribution in [2.24, 2.45) is 5.92 Å². The fourth-order valence-corrected chi connectivity index (χ4v) is 7.05. The highest BCUT2D eigenvalue weighted by molar-refractivity contribution is 7.89. The van der Waals surface area contributed by atoms with E-state index in [4.69, 9.17) is 4.74 Å². The average molecular weight is 649 g/mol. The molecular weight excluding hydrogens is 614 g/mol. The lowest BCUT2D eigenvalue weighted by Gasteiger charge is -2.31. The van der Waals surface area contributed by atoms with E-state index in [9.17, 15) is 22.0 Å². The van der Waals surface area contributed by atoms with E-state index >= 15 is 0 Å². The Bertz CT molecular complexity index is 2000. The molecule has 5 aromatic rings. The normalized spacial score (nSPS) is 14.6. The van der Waals surface area contributed by atoms with Crippen LogP contribution in [0.3, 0.4) is 0 Å². The molecule has 0 amide bonds. The number of carbonyl (C=O) groups excluding carboxylic acids is 1. The molecule has 46 heavy (non-hydrogen) atoms. The fourth-order valence-electron chi connectivity index (χ4n) is 6.02. The number of aromatic nitrogens is 4. The number of halogens is 2. The number of hydrogen-bond donors (Lipinski definition) is 2. The van der Waals surface area contributed by atoms with Gasteiger partial charge in [0.1, 0.15) is 23.1 Å². The highest BCUT2D eigenvalue weighted by Gasteiger charge is 2.24. The third-order valence-electron chi connectivity index (χ3n) is 8.43. The molecule has 1 saturated heterocycles. The van der Waals surface area contributed by atoms with Crippen LogP contribution in [0.2, 0.25) is 0 Å². The first-order chi connectivity index (χ1) is 22.1. The number of methoxy groups -OCH3 is 1. The smallest absolute Gasteiger partial charge is 0.240 e. The number of nitrogens with one attached hydrogen (secondary N) is 2. The van der Waals surface area contributed by atoms with Gasteiger partial charge in [0.25, 0.3) is 0 Å². The van der Waals surface area contributed by atoms with E-state index in [0.29, 0.717) is 58.0 Å². The van der Waals surface area contributed by atoms with Gasteiger partial charge >= 0.3 is 0 Å². The van der Waals surface area contributed by atoms with Gasteiger partial charge in [0, 0.05) is 60.2 Å². The van der Waals surface area contributed by atoms with Crippen LogP contribution in [0.5, 0.6) is 5.75 Å². The Labute approximate surface area is 265 Å². The molecule has 3 aromatic carbocycles. The van der Waals surface area contributed by atoms with Gasteiger partial charge in [-0.1, -0.05) is 23.4 Å². The molecule has 240 valence electrons. The summed E-state index contributed by atoms with van der Waals surface area (Å²) in [4.78, 5) is 17.6.